The van der Waals surface area contributed by atoms with Crippen molar-refractivity contribution < 1.29 is 19.0 Å². The first-order valence-electron chi connectivity index (χ1n) is 10.9. The number of nitrogens with zero attached hydrogens (tertiary/aromatic N) is 2. The number of benzene rings is 1. The molecule has 0 saturated heterocycles. The third-order valence-corrected chi connectivity index (χ3v) is 7.37. The van der Waals surface area contributed by atoms with Gasteiger partial charge in [-0.05, 0) is 67.7 Å². The molecule has 1 aliphatic carbocycles. The van der Waals surface area contributed by atoms with E-state index in [1.54, 1.807) is 24.9 Å². The number of thioether (sulfide) groups is 1. The molecule has 1 N–H and O–H groups in total. The topological polar surface area (TPSA) is 53.0 Å². The lowest BCUT2D eigenvalue weighted by molar-refractivity contribution is -0.133. The molecule has 0 spiro atoms. The van der Waals surface area contributed by atoms with Gasteiger partial charge in [0.05, 0.1) is 11.7 Å². The molecule has 5 nitrogen and oxygen atoms in total. The van der Waals surface area contributed by atoms with Crippen LogP contribution in [0.3, 0.4) is 0 Å². The number of hydrogen-bond donors (Lipinski definition) is 1. The molecule has 0 bridgehead atoms. The van der Waals surface area contributed by atoms with Crippen LogP contribution in [-0.4, -0.2) is 58.3 Å². The van der Waals surface area contributed by atoms with E-state index in [2.05, 4.69) is 16.8 Å². The largest absolute Gasteiger partial charge is 0.478 e. The molecule has 170 valence electrons. The Balaban J connectivity index is 2.00. The summed E-state index contributed by atoms with van der Waals surface area (Å²) in [6, 6.07) is 6.86. The highest BCUT2D eigenvalue weighted by atomic mass is 32.2. The number of halogens is 1. The van der Waals surface area contributed by atoms with E-state index in [0.717, 1.165) is 48.4 Å². The Morgan fingerprint density at radius 1 is 1.39 bits per heavy atom. The summed E-state index contributed by atoms with van der Waals surface area (Å²) in [4.78, 5) is 16.5. The van der Waals surface area contributed by atoms with Gasteiger partial charge in [0.1, 0.15) is 17.0 Å². The van der Waals surface area contributed by atoms with Crippen molar-refractivity contribution in [1.82, 2.24) is 9.80 Å². The molecule has 3 atom stereocenters. The smallest absolute Gasteiger partial charge is 0.334 e. The fourth-order valence-corrected chi connectivity index (χ4v) is 5.74. The molecule has 1 fully saturated rings. The summed E-state index contributed by atoms with van der Waals surface area (Å²) in [6.45, 7) is 4.35. The predicted octanol–water partition coefficient (Wildman–Crippen LogP) is 4.85. The van der Waals surface area contributed by atoms with Gasteiger partial charge in [0, 0.05) is 26.7 Å². The van der Waals surface area contributed by atoms with Gasteiger partial charge in [-0.2, -0.15) is 0 Å². The lowest BCUT2D eigenvalue weighted by Gasteiger charge is -2.46. The number of rotatable bonds is 8. The molecule has 1 heterocycles. The van der Waals surface area contributed by atoms with E-state index < -0.39 is 5.97 Å². The van der Waals surface area contributed by atoms with E-state index in [9.17, 15) is 14.3 Å². The minimum atomic E-state index is -0.900. The van der Waals surface area contributed by atoms with Crippen LogP contribution in [-0.2, 0) is 16.1 Å². The summed E-state index contributed by atoms with van der Waals surface area (Å²) in [5, 5.41) is 9.62. The molecule has 31 heavy (non-hydrogen) atoms. The number of allylic oxidation sites excluding steroid dienone is 2. The Morgan fingerprint density at radius 2 is 2.16 bits per heavy atom. The van der Waals surface area contributed by atoms with Crippen molar-refractivity contribution in [3.63, 3.8) is 0 Å². The Kier molecular flexibility index (Phi) is 8.06. The number of aliphatic carboxylic acids is 1. The molecule has 0 amide bonds. The van der Waals surface area contributed by atoms with Gasteiger partial charge >= 0.3 is 5.97 Å². The quantitative estimate of drug-likeness (QED) is 0.613. The molecule has 7 heteroatoms. The summed E-state index contributed by atoms with van der Waals surface area (Å²) < 4.78 is 19.5. The lowest BCUT2D eigenvalue weighted by Crippen LogP contribution is -2.47. The van der Waals surface area contributed by atoms with Gasteiger partial charge in [-0.3, -0.25) is 0 Å². The molecule has 3 rings (SSSR count). The molecular formula is C24H33FN2O3S. The van der Waals surface area contributed by atoms with E-state index in [4.69, 9.17) is 4.74 Å². The Hall–Kier alpha value is -1.99. The standard InChI is InChI=1S/C24H33FN2O3S/c1-5-31-23-22(24(28)29)16(2)12-21(26(3)19-10-7-11-20(14-19)30-4)27(23)15-17-8-6-9-18(25)13-17/h6,8-9,12-13,19-20,23H,5,7,10-11,14-15H2,1-4H3,(H,28,29). The average Bonchev–Trinajstić information content (AvgIpc) is 2.75. The maximum absolute atomic E-state index is 13.9. The van der Waals surface area contributed by atoms with Gasteiger partial charge in [0.25, 0.3) is 0 Å². The van der Waals surface area contributed by atoms with E-state index >= 15 is 0 Å². The molecule has 1 aromatic carbocycles. The number of carbonyl (C=O) groups is 1. The van der Waals surface area contributed by atoms with Crippen LogP contribution in [0.4, 0.5) is 4.39 Å². The van der Waals surface area contributed by atoms with Crippen molar-refractivity contribution in [2.24, 2.45) is 0 Å². The van der Waals surface area contributed by atoms with Crippen LogP contribution >= 0.6 is 11.8 Å². The summed E-state index contributed by atoms with van der Waals surface area (Å²) in [7, 11) is 3.85. The van der Waals surface area contributed by atoms with E-state index in [0.29, 0.717) is 18.2 Å². The zero-order valence-electron chi connectivity index (χ0n) is 18.8. The molecule has 1 saturated carbocycles. The normalized spacial score (nSPS) is 24.2. The van der Waals surface area contributed by atoms with Crippen LogP contribution in [0.1, 0.15) is 45.1 Å². The summed E-state index contributed by atoms with van der Waals surface area (Å²) in [5.41, 5.74) is 2.00. The first-order chi connectivity index (χ1) is 14.8. The van der Waals surface area contributed by atoms with Gasteiger partial charge in [0.2, 0.25) is 0 Å². The zero-order valence-corrected chi connectivity index (χ0v) is 19.6. The first kappa shape index (κ1) is 23.7. The SMILES string of the molecule is CCSC1C(C(=O)O)=C(C)C=C(N(C)C2CCCC(OC)C2)N1Cc1cccc(F)c1. The van der Waals surface area contributed by atoms with Crippen LogP contribution in [0, 0.1) is 5.82 Å². The van der Waals surface area contributed by atoms with Crippen molar-refractivity contribution in [2.45, 2.75) is 63.6 Å². The Labute approximate surface area is 188 Å². The van der Waals surface area contributed by atoms with Crippen molar-refractivity contribution in [2.75, 3.05) is 19.9 Å². The summed E-state index contributed by atoms with van der Waals surface area (Å²) in [5.74, 6) is 0.580. The molecule has 2 aliphatic rings. The second-order valence-electron chi connectivity index (χ2n) is 8.26. The van der Waals surface area contributed by atoms with Gasteiger partial charge in [0.15, 0.2) is 0 Å². The Morgan fingerprint density at radius 3 is 2.81 bits per heavy atom. The van der Waals surface area contributed by atoms with Crippen LogP contribution in [0.5, 0.6) is 0 Å². The highest BCUT2D eigenvalue weighted by Gasteiger charge is 2.37. The van der Waals surface area contributed by atoms with Crippen molar-refractivity contribution in [3.05, 3.63) is 58.7 Å². The minimum absolute atomic E-state index is 0.245. The summed E-state index contributed by atoms with van der Waals surface area (Å²) >= 11 is 1.60. The molecular weight excluding hydrogens is 415 g/mol. The number of ether oxygens (including phenoxy) is 1. The van der Waals surface area contributed by atoms with Crippen LogP contribution in [0.25, 0.3) is 0 Å². The number of carboxylic acids is 1. The Bertz CT molecular complexity index is 857. The van der Waals surface area contributed by atoms with Crippen molar-refractivity contribution in [3.8, 4) is 0 Å². The number of hydrogen-bond acceptors (Lipinski definition) is 5. The van der Waals surface area contributed by atoms with Crippen LogP contribution in [0.15, 0.2) is 47.3 Å². The van der Waals surface area contributed by atoms with Gasteiger partial charge in [-0.15, -0.1) is 11.8 Å². The molecule has 1 aliphatic heterocycles. The van der Waals surface area contributed by atoms with Crippen molar-refractivity contribution in [1.29, 1.82) is 0 Å². The van der Waals surface area contributed by atoms with Gasteiger partial charge in [-0.25, -0.2) is 9.18 Å². The molecule has 0 aromatic heterocycles. The highest BCUT2D eigenvalue weighted by Crippen LogP contribution is 2.38. The zero-order chi connectivity index (χ0) is 22.5. The predicted molar refractivity (Wildman–Crippen MR) is 123 cm³/mol. The molecule has 3 unspecified atom stereocenters. The highest BCUT2D eigenvalue weighted by molar-refractivity contribution is 8.00. The van der Waals surface area contributed by atoms with Gasteiger partial charge < -0.3 is 19.6 Å². The lowest BCUT2D eigenvalue weighted by atomic mass is 9.91. The van der Waals surface area contributed by atoms with Crippen molar-refractivity contribution >= 4 is 17.7 Å². The fourth-order valence-electron chi connectivity index (χ4n) is 4.60. The first-order valence-corrected chi connectivity index (χ1v) is 11.9. The van der Waals surface area contributed by atoms with Crippen LogP contribution < -0.4 is 0 Å². The molecule has 1 aromatic rings. The maximum Gasteiger partial charge on any atom is 0.334 e. The third-order valence-electron chi connectivity index (χ3n) is 6.23. The maximum atomic E-state index is 13.9. The fraction of sp³-hybridized carbons (Fsp3) is 0.542. The van der Waals surface area contributed by atoms with Crippen LogP contribution in [0.2, 0.25) is 0 Å². The van der Waals surface area contributed by atoms with E-state index in [-0.39, 0.29) is 17.3 Å². The van der Waals surface area contributed by atoms with Gasteiger partial charge in [-0.1, -0.05) is 19.1 Å². The monoisotopic (exact) mass is 448 g/mol. The number of methoxy groups -OCH3 is 1. The third kappa shape index (κ3) is 5.44. The average molecular weight is 449 g/mol. The summed E-state index contributed by atoms with van der Waals surface area (Å²) in [6.07, 6.45) is 6.41. The minimum Gasteiger partial charge on any atom is -0.478 e. The van der Waals surface area contributed by atoms with E-state index in [1.165, 1.54) is 12.1 Å². The molecule has 0 radical (unpaired) electrons. The second kappa shape index (κ2) is 10.6. The van der Waals surface area contributed by atoms with E-state index in [1.807, 2.05) is 26.0 Å². The second-order valence-corrected chi connectivity index (χ2v) is 9.62. The number of carboxylic acid groups (broad SMARTS) is 1.